The van der Waals surface area contributed by atoms with Crippen molar-refractivity contribution in [1.82, 2.24) is 0 Å². The van der Waals surface area contributed by atoms with Crippen LogP contribution in [0.15, 0.2) is 23.8 Å². The highest BCUT2D eigenvalue weighted by Crippen LogP contribution is 1.97. The first-order chi connectivity index (χ1) is 6.06. The fraction of sp³-hybridized carbons (Fsp3) is 0.143. The van der Waals surface area contributed by atoms with Gasteiger partial charge in [0.05, 0.1) is 0 Å². The molecule has 0 rings (SSSR count). The lowest BCUT2D eigenvalue weighted by Crippen LogP contribution is -1.98. The van der Waals surface area contributed by atoms with Crippen molar-refractivity contribution in [2.45, 2.75) is 0 Å². The number of rotatable bonds is 5. The second-order valence-corrected chi connectivity index (χ2v) is 2.00. The summed E-state index contributed by atoms with van der Waals surface area (Å²) in [5, 5.41) is 24.5. The Bertz CT molecular complexity index is 252. The van der Waals surface area contributed by atoms with Gasteiger partial charge in [-0.25, -0.2) is 14.5 Å². The number of carboxylic acid groups (broad SMARTS) is 2. The van der Waals surface area contributed by atoms with Gasteiger partial charge >= 0.3 is 11.9 Å². The molecule has 0 fully saturated rings. The van der Waals surface area contributed by atoms with Gasteiger partial charge in [-0.05, 0) is 11.6 Å². The van der Waals surface area contributed by atoms with Crippen LogP contribution in [0.2, 0.25) is 0 Å². The van der Waals surface area contributed by atoms with Crippen LogP contribution in [0.1, 0.15) is 0 Å². The summed E-state index contributed by atoms with van der Waals surface area (Å²) >= 11 is 0. The van der Waals surface area contributed by atoms with Crippen molar-refractivity contribution in [2.24, 2.45) is 0 Å². The van der Waals surface area contributed by atoms with Gasteiger partial charge in [0.2, 0.25) is 0 Å². The Hall–Kier alpha value is -1.66. The predicted octanol–water partition coefficient (Wildman–Crippen LogP) is 0.128. The maximum Gasteiger partial charge on any atom is 0.328 e. The molecule has 6 heteroatoms. The molecular formula is C7H8O6. The Kier molecular flexibility index (Phi) is 5.17. The van der Waals surface area contributed by atoms with E-state index in [0.29, 0.717) is 0 Å². The average Bonchev–Trinajstić information content (AvgIpc) is 1.99. The molecule has 0 radical (unpaired) electrons. The fourth-order valence-corrected chi connectivity index (χ4v) is 0.549. The second-order valence-electron chi connectivity index (χ2n) is 2.00. The molecule has 0 atom stereocenters. The van der Waals surface area contributed by atoms with E-state index in [-0.39, 0.29) is 12.2 Å². The van der Waals surface area contributed by atoms with Gasteiger partial charge in [-0.3, -0.25) is 5.26 Å². The third-order valence-electron chi connectivity index (χ3n) is 0.980. The van der Waals surface area contributed by atoms with Gasteiger partial charge < -0.3 is 10.2 Å². The summed E-state index contributed by atoms with van der Waals surface area (Å²) in [5.41, 5.74) is 0.0393. The van der Waals surface area contributed by atoms with Crippen LogP contribution in [0.5, 0.6) is 0 Å². The molecule has 0 aromatic carbocycles. The molecule has 0 aliphatic rings. The Morgan fingerprint density at radius 2 is 1.77 bits per heavy atom. The lowest BCUT2D eigenvalue weighted by atomic mass is 10.2. The minimum absolute atomic E-state index is 0.0393. The van der Waals surface area contributed by atoms with Crippen LogP contribution >= 0.6 is 0 Å². The standard InChI is InChI=1S/C7H8O6/c8-6(9)2-1-5(4-13-12)3-7(10)11/h1-3,12H,4H2,(H,8,9)(H,10,11). The van der Waals surface area contributed by atoms with E-state index in [1.807, 2.05) is 0 Å². The molecule has 0 aromatic heterocycles. The van der Waals surface area contributed by atoms with Crippen molar-refractivity contribution < 1.29 is 29.9 Å². The normalized spacial score (nSPS) is 11.9. The lowest BCUT2D eigenvalue weighted by molar-refractivity contribution is -0.233. The molecule has 0 aliphatic carbocycles. The molecule has 72 valence electrons. The van der Waals surface area contributed by atoms with Gasteiger partial charge in [0.15, 0.2) is 0 Å². The van der Waals surface area contributed by atoms with Gasteiger partial charge in [0.25, 0.3) is 0 Å². The number of hydrogen-bond acceptors (Lipinski definition) is 4. The highest BCUT2D eigenvalue weighted by Gasteiger charge is 1.97. The number of carbonyl (C=O) groups is 2. The van der Waals surface area contributed by atoms with E-state index in [2.05, 4.69) is 4.89 Å². The van der Waals surface area contributed by atoms with Gasteiger partial charge in [-0.1, -0.05) is 0 Å². The highest BCUT2D eigenvalue weighted by molar-refractivity contribution is 5.83. The summed E-state index contributed by atoms with van der Waals surface area (Å²) in [7, 11) is 0. The van der Waals surface area contributed by atoms with E-state index >= 15 is 0 Å². The maximum absolute atomic E-state index is 10.1. The van der Waals surface area contributed by atoms with E-state index < -0.39 is 11.9 Å². The maximum atomic E-state index is 10.1. The van der Waals surface area contributed by atoms with E-state index in [9.17, 15) is 9.59 Å². The van der Waals surface area contributed by atoms with Crippen LogP contribution in [0.25, 0.3) is 0 Å². The lowest BCUT2D eigenvalue weighted by Gasteiger charge is -1.95. The van der Waals surface area contributed by atoms with Crippen LogP contribution in [0.3, 0.4) is 0 Å². The number of aliphatic carboxylic acids is 2. The zero-order chi connectivity index (χ0) is 10.3. The molecule has 0 aliphatic heterocycles. The van der Waals surface area contributed by atoms with Gasteiger partial charge in [-0.15, -0.1) is 0 Å². The summed E-state index contributed by atoms with van der Waals surface area (Å²) in [6, 6.07) is 0. The van der Waals surface area contributed by atoms with E-state index in [1.165, 1.54) is 0 Å². The first-order valence-electron chi connectivity index (χ1n) is 3.17. The first-order valence-corrected chi connectivity index (χ1v) is 3.17. The molecule has 13 heavy (non-hydrogen) atoms. The van der Waals surface area contributed by atoms with Crippen molar-refractivity contribution in [2.75, 3.05) is 6.61 Å². The van der Waals surface area contributed by atoms with E-state index in [0.717, 1.165) is 18.2 Å². The predicted molar refractivity (Wildman–Crippen MR) is 41.1 cm³/mol. The third-order valence-corrected chi connectivity index (χ3v) is 0.980. The average molecular weight is 188 g/mol. The van der Waals surface area contributed by atoms with Crippen molar-refractivity contribution in [3.63, 3.8) is 0 Å². The van der Waals surface area contributed by atoms with Crippen molar-refractivity contribution in [3.8, 4) is 0 Å². The Morgan fingerprint density at radius 3 is 2.15 bits per heavy atom. The third kappa shape index (κ3) is 6.73. The minimum atomic E-state index is -1.25. The van der Waals surface area contributed by atoms with E-state index in [4.69, 9.17) is 15.5 Å². The summed E-state index contributed by atoms with van der Waals surface area (Å²) in [6.07, 6.45) is 2.50. The summed E-state index contributed by atoms with van der Waals surface area (Å²) < 4.78 is 0. The van der Waals surface area contributed by atoms with Crippen LogP contribution in [0.4, 0.5) is 0 Å². The molecule has 0 amide bonds. The SMILES string of the molecule is O=C(O)C=CC(=CC(=O)O)COO. The molecule has 0 aromatic rings. The van der Waals surface area contributed by atoms with Crippen LogP contribution in [0, 0.1) is 0 Å². The molecule has 0 spiro atoms. The second kappa shape index (κ2) is 5.92. The first kappa shape index (κ1) is 11.3. The fourth-order valence-electron chi connectivity index (χ4n) is 0.549. The molecule has 0 saturated carbocycles. The summed E-state index contributed by atoms with van der Waals surface area (Å²) in [6.45, 7) is -0.379. The van der Waals surface area contributed by atoms with Gasteiger partial charge in [-0.2, -0.15) is 0 Å². The van der Waals surface area contributed by atoms with Crippen molar-refractivity contribution >= 4 is 11.9 Å². The highest BCUT2D eigenvalue weighted by atomic mass is 17.1. The Labute approximate surface area is 73.3 Å². The molecule has 0 bridgehead atoms. The topological polar surface area (TPSA) is 104 Å². The number of hydrogen-bond donors (Lipinski definition) is 3. The molecule has 6 nitrogen and oxygen atoms in total. The van der Waals surface area contributed by atoms with Crippen LogP contribution < -0.4 is 0 Å². The Balaban J connectivity index is 4.42. The molecule has 3 N–H and O–H groups in total. The summed E-state index contributed by atoms with van der Waals surface area (Å²) in [5.74, 6) is -2.46. The summed E-state index contributed by atoms with van der Waals surface area (Å²) in [4.78, 5) is 23.8. The quantitative estimate of drug-likeness (QED) is 0.245. The van der Waals surface area contributed by atoms with Crippen LogP contribution in [-0.4, -0.2) is 34.0 Å². The van der Waals surface area contributed by atoms with Crippen molar-refractivity contribution in [3.05, 3.63) is 23.8 Å². The van der Waals surface area contributed by atoms with Crippen LogP contribution in [-0.2, 0) is 14.5 Å². The zero-order valence-corrected chi connectivity index (χ0v) is 6.51. The smallest absolute Gasteiger partial charge is 0.328 e. The number of carboxylic acids is 2. The molecular weight excluding hydrogens is 180 g/mol. The van der Waals surface area contributed by atoms with Crippen molar-refractivity contribution in [1.29, 1.82) is 0 Å². The molecule has 0 unspecified atom stereocenters. The van der Waals surface area contributed by atoms with Gasteiger partial charge in [0, 0.05) is 12.2 Å². The van der Waals surface area contributed by atoms with E-state index in [1.54, 1.807) is 0 Å². The molecule has 0 heterocycles. The zero-order valence-electron chi connectivity index (χ0n) is 6.51. The monoisotopic (exact) mass is 188 g/mol. The van der Waals surface area contributed by atoms with Gasteiger partial charge in [0.1, 0.15) is 6.61 Å². The molecule has 0 saturated heterocycles. The minimum Gasteiger partial charge on any atom is -0.478 e. The Morgan fingerprint density at radius 1 is 1.15 bits per heavy atom. The largest absolute Gasteiger partial charge is 0.478 e.